The Labute approximate surface area is 163 Å². The molecule has 0 saturated heterocycles. The molecule has 0 bridgehead atoms. The Kier molecular flexibility index (Phi) is 12.8. The second-order valence-corrected chi connectivity index (χ2v) is 7.23. The van der Waals surface area contributed by atoms with E-state index < -0.39 is 0 Å². The number of hydrogen-bond donors (Lipinski definition) is 1. The topological polar surface area (TPSA) is 81.7 Å². The Bertz CT molecular complexity index is 452. The van der Waals surface area contributed by atoms with Gasteiger partial charge < -0.3 is 14.8 Å². The van der Waals surface area contributed by atoms with Crippen molar-refractivity contribution in [1.82, 2.24) is 5.32 Å². The Balaban J connectivity index is 2.33. The van der Waals surface area contributed by atoms with Gasteiger partial charge in [0.05, 0.1) is 13.2 Å². The highest BCUT2D eigenvalue weighted by Crippen LogP contribution is 2.20. The average Bonchev–Trinajstić information content (AvgIpc) is 2.85. The smallest absolute Gasteiger partial charge is 0.323 e. The van der Waals surface area contributed by atoms with Crippen molar-refractivity contribution in [3.05, 3.63) is 0 Å². The predicted molar refractivity (Wildman–Crippen MR) is 104 cm³/mol. The van der Waals surface area contributed by atoms with Gasteiger partial charge in [0.25, 0.3) is 0 Å². The first-order valence-electron chi connectivity index (χ1n) is 10.7. The van der Waals surface area contributed by atoms with Crippen LogP contribution in [0.1, 0.15) is 84.5 Å². The summed E-state index contributed by atoms with van der Waals surface area (Å²) in [4.78, 5) is 35.7. The molecule has 1 rings (SSSR count). The van der Waals surface area contributed by atoms with Crippen molar-refractivity contribution in [2.45, 2.75) is 90.5 Å². The summed E-state index contributed by atoms with van der Waals surface area (Å²) in [6, 6.07) is -0.356. The van der Waals surface area contributed by atoms with Gasteiger partial charge in [0, 0.05) is 25.3 Å². The fraction of sp³-hybridized carbons (Fsp3) is 0.857. The van der Waals surface area contributed by atoms with Crippen LogP contribution in [0.5, 0.6) is 0 Å². The predicted octanol–water partition coefficient (Wildman–Crippen LogP) is 3.56. The SMILES string of the molecule is CCOC(=O)CCCCCCC(NCC1CCCCCC1=O)C(=O)OCC. The third-order valence-corrected chi connectivity index (χ3v) is 5.04. The van der Waals surface area contributed by atoms with Crippen LogP contribution >= 0.6 is 0 Å². The van der Waals surface area contributed by atoms with E-state index in [2.05, 4.69) is 5.32 Å². The van der Waals surface area contributed by atoms with Crippen LogP contribution in [0.25, 0.3) is 0 Å². The van der Waals surface area contributed by atoms with E-state index in [0.717, 1.165) is 51.4 Å². The van der Waals surface area contributed by atoms with Crippen LogP contribution in [0.2, 0.25) is 0 Å². The van der Waals surface area contributed by atoms with Gasteiger partial charge in [0.2, 0.25) is 0 Å². The summed E-state index contributed by atoms with van der Waals surface area (Å²) in [7, 11) is 0. The molecule has 2 atom stereocenters. The van der Waals surface area contributed by atoms with E-state index in [4.69, 9.17) is 9.47 Å². The third-order valence-electron chi connectivity index (χ3n) is 5.04. The van der Waals surface area contributed by atoms with E-state index in [1.54, 1.807) is 6.92 Å². The lowest BCUT2D eigenvalue weighted by molar-refractivity contribution is -0.146. The largest absolute Gasteiger partial charge is 0.466 e. The van der Waals surface area contributed by atoms with Crippen molar-refractivity contribution >= 4 is 17.7 Å². The van der Waals surface area contributed by atoms with E-state index in [1.807, 2.05) is 6.92 Å². The van der Waals surface area contributed by atoms with Crippen molar-refractivity contribution < 1.29 is 23.9 Å². The number of unbranched alkanes of at least 4 members (excludes halogenated alkanes) is 3. The molecule has 0 aromatic heterocycles. The zero-order valence-electron chi connectivity index (χ0n) is 17.1. The van der Waals surface area contributed by atoms with Crippen molar-refractivity contribution in [1.29, 1.82) is 0 Å². The van der Waals surface area contributed by atoms with Crippen molar-refractivity contribution in [2.24, 2.45) is 5.92 Å². The van der Waals surface area contributed by atoms with Crippen LogP contribution in [-0.4, -0.2) is 43.5 Å². The van der Waals surface area contributed by atoms with Gasteiger partial charge in [-0.15, -0.1) is 0 Å². The third kappa shape index (κ3) is 10.5. The van der Waals surface area contributed by atoms with Crippen LogP contribution in [0, 0.1) is 5.92 Å². The second kappa shape index (κ2) is 14.6. The zero-order valence-corrected chi connectivity index (χ0v) is 17.1. The summed E-state index contributed by atoms with van der Waals surface area (Å²) in [5.41, 5.74) is 0. The highest BCUT2D eigenvalue weighted by Gasteiger charge is 2.24. The van der Waals surface area contributed by atoms with Gasteiger partial charge in [0.1, 0.15) is 11.8 Å². The maximum Gasteiger partial charge on any atom is 0.323 e. The van der Waals surface area contributed by atoms with Gasteiger partial charge >= 0.3 is 11.9 Å². The molecule has 1 aliphatic carbocycles. The Morgan fingerprint density at radius 3 is 2.52 bits per heavy atom. The fourth-order valence-corrected chi connectivity index (χ4v) is 3.48. The molecule has 1 aliphatic rings. The highest BCUT2D eigenvalue weighted by atomic mass is 16.5. The first kappa shape index (κ1) is 23.6. The number of rotatable bonds is 13. The molecule has 1 N–H and O–H groups in total. The minimum absolute atomic E-state index is 0.0222. The number of ketones is 1. The quantitative estimate of drug-likeness (QED) is 0.297. The summed E-state index contributed by atoms with van der Waals surface area (Å²) < 4.78 is 10.1. The monoisotopic (exact) mass is 383 g/mol. The first-order chi connectivity index (χ1) is 13.1. The number of Topliss-reactive ketones (excluding diaryl/α,β-unsaturated/α-hetero) is 1. The van der Waals surface area contributed by atoms with Crippen LogP contribution in [0.3, 0.4) is 0 Å². The molecule has 0 amide bonds. The molecule has 6 heteroatoms. The summed E-state index contributed by atoms with van der Waals surface area (Å²) >= 11 is 0. The minimum Gasteiger partial charge on any atom is -0.466 e. The molecule has 2 unspecified atom stereocenters. The molecule has 0 heterocycles. The van der Waals surface area contributed by atoms with Crippen molar-refractivity contribution in [2.75, 3.05) is 19.8 Å². The Morgan fingerprint density at radius 2 is 1.78 bits per heavy atom. The Morgan fingerprint density at radius 1 is 1.04 bits per heavy atom. The van der Waals surface area contributed by atoms with Gasteiger partial charge in [-0.05, 0) is 39.5 Å². The maximum absolute atomic E-state index is 12.2. The van der Waals surface area contributed by atoms with E-state index in [-0.39, 0.29) is 23.9 Å². The number of ether oxygens (including phenoxy) is 2. The molecule has 27 heavy (non-hydrogen) atoms. The molecule has 0 spiro atoms. The number of esters is 2. The lowest BCUT2D eigenvalue weighted by Gasteiger charge is -2.20. The van der Waals surface area contributed by atoms with Crippen LogP contribution in [0.4, 0.5) is 0 Å². The van der Waals surface area contributed by atoms with Crippen LogP contribution < -0.4 is 5.32 Å². The van der Waals surface area contributed by atoms with E-state index >= 15 is 0 Å². The molecule has 156 valence electrons. The molecular formula is C21H37NO5. The summed E-state index contributed by atoms with van der Waals surface area (Å²) in [5.74, 6) is -0.0303. The van der Waals surface area contributed by atoms with Gasteiger partial charge in [-0.3, -0.25) is 14.4 Å². The lowest BCUT2D eigenvalue weighted by Crippen LogP contribution is -2.42. The molecule has 0 aromatic carbocycles. The van der Waals surface area contributed by atoms with Crippen molar-refractivity contribution in [3.63, 3.8) is 0 Å². The van der Waals surface area contributed by atoms with Gasteiger partial charge in [0.15, 0.2) is 0 Å². The normalized spacial score (nSPS) is 18.6. The minimum atomic E-state index is -0.356. The lowest BCUT2D eigenvalue weighted by atomic mass is 9.98. The van der Waals surface area contributed by atoms with Gasteiger partial charge in [-0.1, -0.05) is 32.1 Å². The molecule has 0 aromatic rings. The molecule has 6 nitrogen and oxygen atoms in total. The zero-order chi connectivity index (χ0) is 19.9. The van der Waals surface area contributed by atoms with Gasteiger partial charge in [-0.25, -0.2) is 0 Å². The molecule has 0 aliphatic heterocycles. The number of hydrogen-bond acceptors (Lipinski definition) is 6. The van der Waals surface area contributed by atoms with Crippen molar-refractivity contribution in [3.8, 4) is 0 Å². The number of nitrogens with one attached hydrogen (secondary N) is 1. The summed E-state index contributed by atoms with van der Waals surface area (Å²) in [6.45, 7) is 4.96. The van der Waals surface area contributed by atoms with E-state index in [9.17, 15) is 14.4 Å². The second-order valence-electron chi connectivity index (χ2n) is 7.23. The average molecular weight is 384 g/mol. The summed E-state index contributed by atoms with van der Waals surface area (Å²) in [6.07, 6.45) is 9.52. The van der Waals surface area contributed by atoms with Crippen LogP contribution in [-0.2, 0) is 23.9 Å². The number of carbonyl (C=O) groups excluding carboxylic acids is 3. The molecule has 1 saturated carbocycles. The van der Waals surface area contributed by atoms with Gasteiger partial charge in [-0.2, -0.15) is 0 Å². The Hall–Kier alpha value is -1.43. The van der Waals surface area contributed by atoms with E-state index in [1.165, 1.54) is 0 Å². The molecule has 1 fully saturated rings. The fourth-order valence-electron chi connectivity index (χ4n) is 3.48. The first-order valence-corrected chi connectivity index (χ1v) is 10.7. The molecular weight excluding hydrogens is 346 g/mol. The standard InChI is InChI=1S/C21H37NO5/c1-3-26-20(24)15-11-6-5-9-13-18(21(25)27-4-2)22-16-17-12-8-7-10-14-19(17)23/h17-18,22H,3-16H2,1-2H3. The highest BCUT2D eigenvalue weighted by molar-refractivity contribution is 5.81. The van der Waals surface area contributed by atoms with Crippen LogP contribution in [0.15, 0.2) is 0 Å². The number of carbonyl (C=O) groups is 3. The summed E-state index contributed by atoms with van der Waals surface area (Å²) in [5, 5.41) is 3.29. The van der Waals surface area contributed by atoms with E-state index in [0.29, 0.717) is 44.8 Å². The molecule has 0 radical (unpaired) electrons. The maximum atomic E-state index is 12.2.